The minimum Gasteiger partial charge on any atom is -0.0849 e. The van der Waals surface area contributed by atoms with Gasteiger partial charge in [-0.25, -0.2) is 0 Å². The minimum atomic E-state index is 1.11. The molecule has 0 saturated heterocycles. The first-order valence-electron chi connectivity index (χ1n) is 2.09. The molecular formula is C5H6S. The van der Waals surface area contributed by atoms with E-state index in [4.69, 9.17) is 12.2 Å². The van der Waals surface area contributed by atoms with E-state index in [9.17, 15) is 0 Å². The van der Waals surface area contributed by atoms with Crippen LogP contribution in [0.2, 0.25) is 0 Å². The van der Waals surface area contributed by atoms with Gasteiger partial charge in [-0.2, -0.15) is 0 Å². The first kappa shape index (κ1) is 4.00. The Hall–Kier alpha value is -0.170. The Bertz CT molecular complexity index is 92.1. The third kappa shape index (κ3) is 0.658. The van der Waals surface area contributed by atoms with Gasteiger partial charge < -0.3 is 0 Å². The predicted octanol–water partition coefficient (Wildman–Crippen LogP) is 1.71. The van der Waals surface area contributed by atoms with Gasteiger partial charge >= 0.3 is 0 Å². The van der Waals surface area contributed by atoms with E-state index in [0.29, 0.717) is 0 Å². The van der Waals surface area contributed by atoms with Crippen LogP contribution in [0.4, 0.5) is 0 Å². The molecule has 0 amide bonds. The van der Waals surface area contributed by atoms with Crippen molar-refractivity contribution >= 4 is 17.1 Å². The van der Waals surface area contributed by atoms with Crippen LogP contribution in [-0.4, -0.2) is 4.86 Å². The zero-order chi connectivity index (χ0) is 4.41. The molecule has 0 N–H and O–H groups in total. The Balaban J connectivity index is 2.59. The van der Waals surface area contributed by atoms with E-state index in [1.54, 1.807) is 0 Å². The third-order valence-corrected chi connectivity index (χ3v) is 1.20. The molecule has 0 aromatic rings. The summed E-state index contributed by atoms with van der Waals surface area (Å²) >= 11 is 4.83. The molecule has 1 heteroatoms. The molecule has 0 nitrogen and oxygen atoms in total. The van der Waals surface area contributed by atoms with Crippen molar-refractivity contribution < 1.29 is 0 Å². The van der Waals surface area contributed by atoms with Crippen LogP contribution in [0.1, 0.15) is 12.8 Å². The summed E-state index contributed by atoms with van der Waals surface area (Å²) in [7, 11) is 0. The van der Waals surface area contributed by atoms with Gasteiger partial charge in [-0.15, -0.1) is 0 Å². The molecule has 0 fully saturated rings. The van der Waals surface area contributed by atoms with Crippen molar-refractivity contribution in [2.45, 2.75) is 12.8 Å². The quantitative estimate of drug-likeness (QED) is 0.415. The summed E-state index contributed by atoms with van der Waals surface area (Å²) in [5, 5.41) is 0. The molecule has 0 bridgehead atoms. The maximum absolute atomic E-state index is 4.83. The molecule has 1 aliphatic carbocycles. The first-order valence-corrected chi connectivity index (χ1v) is 2.50. The van der Waals surface area contributed by atoms with Gasteiger partial charge in [0.05, 0.1) is 0 Å². The SMILES string of the molecule is S=C1C=CCC1. The number of thiocarbonyl (C=S) groups is 1. The van der Waals surface area contributed by atoms with Crippen molar-refractivity contribution in [2.24, 2.45) is 0 Å². The van der Waals surface area contributed by atoms with E-state index >= 15 is 0 Å². The number of rotatable bonds is 0. The van der Waals surface area contributed by atoms with E-state index in [2.05, 4.69) is 6.08 Å². The van der Waals surface area contributed by atoms with Crippen LogP contribution >= 0.6 is 12.2 Å². The monoisotopic (exact) mass is 98.0 g/mol. The summed E-state index contributed by atoms with van der Waals surface area (Å²) in [5.41, 5.74) is 0. The van der Waals surface area contributed by atoms with Crippen molar-refractivity contribution in [1.82, 2.24) is 0 Å². The molecule has 1 aliphatic rings. The summed E-state index contributed by atoms with van der Waals surface area (Å²) < 4.78 is 0. The highest BCUT2D eigenvalue weighted by Gasteiger charge is 1.94. The van der Waals surface area contributed by atoms with Crippen LogP contribution in [0.15, 0.2) is 12.2 Å². The lowest BCUT2D eigenvalue weighted by molar-refractivity contribution is 1.15. The van der Waals surface area contributed by atoms with Crippen LogP contribution in [0, 0.1) is 0 Å². The molecule has 0 saturated carbocycles. The van der Waals surface area contributed by atoms with Crippen LogP contribution < -0.4 is 0 Å². The Labute approximate surface area is 42.9 Å². The maximum atomic E-state index is 4.83. The average molecular weight is 98.2 g/mol. The van der Waals surface area contributed by atoms with E-state index in [1.807, 2.05) is 6.08 Å². The van der Waals surface area contributed by atoms with Crippen LogP contribution in [0.25, 0.3) is 0 Å². The highest BCUT2D eigenvalue weighted by Crippen LogP contribution is 2.03. The van der Waals surface area contributed by atoms with Gasteiger partial charge in [-0.1, -0.05) is 24.4 Å². The molecule has 0 unspecified atom stereocenters. The van der Waals surface area contributed by atoms with Crippen LogP contribution in [-0.2, 0) is 0 Å². The fourth-order valence-electron chi connectivity index (χ4n) is 0.524. The first-order chi connectivity index (χ1) is 2.89. The summed E-state index contributed by atoms with van der Waals surface area (Å²) in [6.07, 6.45) is 6.39. The van der Waals surface area contributed by atoms with E-state index in [1.165, 1.54) is 6.42 Å². The topological polar surface area (TPSA) is 0 Å². The lowest BCUT2D eigenvalue weighted by Crippen LogP contribution is -1.75. The largest absolute Gasteiger partial charge is 0.0849 e. The Morgan fingerprint density at radius 3 is 2.67 bits per heavy atom. The van der Waals surface area contributed by atoms with Crippen molar-refractivity contribution in [2.75, 3.05) is 0 Å². The molecule has 0 radical (unpaired) electrons. The van der Waals surface area contributed by atoms with Gasteiger partial charge in [-0.3, -0.25) is 0 Å². The molecular weight excluding hydrogens is 92.1 g/mol. The van der Waals surface area contributed by atoms with Crippen molar-refractivity contribution in [3.8, 4) is 0 Å². The fraction of sp³-hybridized carbons (Fsp3) is 0.400. The van der Waals surface area contributed by atoms with Gasteiger partial charge in [0.2, 0.25) is 0 Å². The zero-order valence-corrected chi connectivity index (χ0v) is 4.29. The second kappa shape index (κ2) is 1.52. The normalized spacial score (nSPS) is 19.7. The second-order valence-electron chi connectivity index (χ2n) is 1.41. The lowest BCUT2D eigenvalue weighted by Gasteiger charge is -1.75. The van der Waals surface area contributed by atoms with Gasteiger partial charge in [0.1, 0.15) is 0 Å². The molecule has 0 aromatic heterocycles. The molecule has 32 valence electrons. The zero-order valence-electron chi connectivity index (χ0n) is 3.48. The van der Waals surface area contributed by atoms with Gasteiger partial charge in [0, 0.05) is 4.86 Å². The number of hydrogen-bond donors (Lipinski definition) is 0. The lowest BCUT2D eigenvalue weighted by atomic mass is 10.4. The highest BCUT2D eigenvalue weighted by molar-refractivity contribution is 7.80. The third-order valence-electron chi connectivity index (χ3n) is 0.861. The smallest absolute Gasteiger partial charge is 0.0152 e. The summed E-state index contributed by atoms with van der Waals surface area (Å²) in [5.74, 6) is 0. The van der Waals surface area contributed by atoms with Gasteiger partial charge in [-0.05, 0) is 12.8 Å². The molecule has 0 atom stereocenters. The molecule has 6 heavy (non-hydrogen) atoms. The standard InChI is InChI=1S/C5H6S/c6-5-3-1-2-4-5/h1,3H,2,4H2. The van der Waals surface area contributed by atoms with Crippen molar-refractivity contribution in [3.63, 3.8) is 0 Å². The average Bonchev–Trinajstić information content (AvgIpc) is 1.86. The van der Waals surface area contributed by atoms with E-state index in [0.717, 1.165) is 11.3 Å². The minimum absolute atomic E-state index is 1.11. The van der Waals surface area contributed by atoms with Crippen LogP contribution in [0.3, 0.4) is 0 Å². The maximum Gasteiger partial charge on any atom is 0.0152 e. The number of allylic oxidation sites excluding steroid dienone is 2. The Morgan fingerprint density at radius 2 is 2.50 bits per heavy atom. The summed E-state index contributed by atoms with van der Waals surface area (Å²) in [6, 6.07) is 0. The predicted molar refractivity (Wildman–Crippen MR) is 31.0 cm³/mol. The fourth-order valence-corrected chi connectivity index (χ4v) is 0.738. The van der Waals surface area contributed by atoms with Crippen molar-refractivity contribution in [1.29, 1.82) is 0 Å². The van der Waals surface area contributed by atoms with E-state index in [-0.39, 0.29) is 0 Å². The number of hydrogen-bond acceptors (Lipinski definition) is 1. The van der Waals surface area contributed by atoms with Crippen molar-refractivity contribution in [3.05, 3.63) is 12.2 Å². The van der Waals surface area contributed by atoms with Crippen LogP contribution in [0.5, 0.6) is 0 Å². The highest BCUT2D eigenvalue weighted by atomic mass is 32.1. The van der Waals surface area contributed by atoms with E-state index < -0.39 is 0 Å². The molecule has 1 rings (SSSR count). The molecule has 0 aliphatic heterocycles. The Kier molecular flexibility index (Phi) is 1.01. The van der Waals surface area contributed by atoms with Gasteiger partial charge in [0.15, 0.2) is 0 Å². The second-order valence-corrected chi connectivity index (χ2v) is 1.93. The Morgan fingerprint density at radius 1 is 1.67 bits per heavy atom. The summed E-state index contributed by atoms with van der Waals surface area (Å²) in [6.45, 7) is 0. The summed E-state index contributed by atoms with van der Waals surface area (Å²) in [4.78, 5) is 1.11. The molecule has 0 heterocycles. The van der Waals surface area contributed by atoms with Gasteiger partial charge in [0.25, 0.3) is 0 Å². The molecule has 0 aromatic carbocycles. The molecule has 0 spiro atoms.